The zero-order valence-electron chi connectivity index (χ0n) is 9.72. The summed E-state index contributed by atoms with van der Waals surface area (Å²) < 4.78 is 0. The van der Waals surface area contributed by atoms with Crippen LogP contribution in [0, 0.1) is 0 Å². The number of rotatable bonds is 3. The minimum atomic E-state index is 0.667. The maximum atomic E-state index is 6.14. The average molecular weight is 239 g/mol. The zero-order chi connectivity index (χ0) is 12.4. The van der Waals surface area contributed by atoms with E-state index in [-0.39, 0.29) is 0 Å². The highest BCUT2D eigenvalue weighted by molar-refractivity contribution is 5.98. The van der Waals surface area contributed by atoms with Crippen molar-refractivity contribution in [3.8, 4) is 0 Å². The van der Waals surface area contributed by atoms with Crippen LogP contribution < -0.4 is 11.1 Å². The van der Waals surface area contributed by atoms with Crippen molar-refractivity contribution in [3.63, 3.8) is 0 Å². The fourth-order valence-electron chi connectivity index (χ4n) is 1.92. The predicted molar refractivity (Wildman–Crippen MR) is 72.1 cm³/mol. The van der Waals surface area contributed by atoms with E-state index >= 15 is 0 Å². The number of fused-ring (bicyclic) bond motifs is 1. The van der Waals surface area contributed by atoms with Gasteiger partial charge in [0.05, 0.1) is 23.6 Å². The summed E-state index contributed by atoms with van der Waals surface area (Å²) in [6.07, 6.45) is 5.29. The Labute approximate surface area is 104 Å². The van der Waals surface area contributed by atoms with E-state index < -0.39 is 0 Å². The lowest BCUT2D eigenvalue weighted by molar-refractivity contribution is 0.982. The summed E-state index contributed by atoms with van der Waals surface area (Å²) in [6.45, 7) is 0.667. The number of hydrogen-bond acceptors (Lipinski definition) is 4. The highest BCUT2D eigenvalue weighted by Gasteiger charge is 2.04. The van der Waals surface area contributed by atoms with Gasteiger partial charge in [-0.05, 0) is 18.2 Å². The van der Waals surface area contributed by atoms with Gasteiger partial charge in [-0.3, -0.25) is 10.1 Å². The van der Waals surface area contributed by atoms with Gasteiger partial charge in [0.2, 0.25) is 0 Å². The maximum absolute atomic E-state index is 6.14. The van der Waals surface area contributed by atoms with Crippen molar-refractivity contribution in [2.45, 2.75) is 6.54 Å². The summed E-state index contributed by atoms with van der Waals surface area (Å²) in [6, 6.07) is 7.82. The fourth-order valence-corrected chi connectivity index (χ4v) is 1.92. The molecule has 0 spiro atoms. The first-order valence-corrected chi connectivity index (χ1v) is 5.69. The Bertz CT molecular complexity index is 660. The minimum Gasteiger partial charge on any atom is -0.397 e. The van der Waals surface area contributed by atoms with Crippen LogP contribution in [0.5, 0.6) is 0 Å². The molecule has 0 amide bonds. The number of nitrogens with zero attached hydrogens (tertiary/aromatic N) is 2. The molecule has 0 aliphatic carbocycles. The Balaban J connectivity index is 1.90. The summed E-state index contributed by atoms with van der Waals surface area (Å²) in [5.74, 6) is 0. The number of nitrogens with one attached hydrogen (secondary N) is 2. The van der Waals surface area contributed by atoms with Crippen molar-refractivity contribution in [2.24, 2.45) is 0 Å². The zero-order valence-corrected chi connectivity index (χ0v) is 9.72. The summed E-state index contributed by atoms with van der Waals surface area (Å²) in [5, 5.41) is 12.2. The largest absolute Gasteiger partial charge is 0.397 e. The lowest BCUT2D eigenvalue weighted by Gasteiger charge is -2.10. The second-order valence-electron chi connectivity index (χ2n) is 4.06. The predicted octanol–water partition coefficient (Wildman–Crippen LogP) is 2.15. The van der Waals surface area contributed by atoms with E-state index in [1.807, 2.05) is 30.5 Å². The van der Waals surface area contributed by atoms with Crippen LogP contribution in [0.4, 0.5) is 11.4 Å². The number of pyridine rings is 1. The van der Waals surface area contributed by atoms with Gasteiger partial charge in [-0.1, -0.05) is 6.07 Å². The van der Waals surface area contributed by atoms with Crippen LogP contribution in [-0.4, -0.2) is 15.2 Å². The van der Waals surface area contributed by atoms with Crippen molar-refractivity contribution in [1.82, 2.24) is 15.2 Å². The molecule has 5 nitrogen and oxygen atoms in total. The van der Waals surface area contributed by atoms with Gasteiger partial charge in [-0.2, -0.15) is 5.10 Å². The minimum absolute atomic E-state index is 0.667. The Morgan fingerprint density at radius 2 is 2.11 bits per heavy atom. The Morgan fingerprint density at radius 1 is 1.17 bits per heavy atom. The first-order valence-electron chi connectivity index (χ1n) is 5.69. The molecule has 90 valence electrons. The number of benzene rings is 1. The molecule has 18 heavy (non-hydrogen) atoms. The van der Waals surface area contributed by atoms with Crippen molar-refractivity contribution >= 4 is 22.1 Å². The molecule has 3 rings (SSSR count). The molecule has 0 saturated heterocycles. The van der Waals surface area contributed by atoms with E-state index in [1.54, 1.807) is 12.4 Å². The number of H-pyrrole nitrogens is 1. The topological polar surface area (TPSA) is 79.6 Å². The van der Waals surface area contributed by atoms with Crippen molar-refractivity contribution < 1.29 is 0 Å². The van der Waals surface area contributed by atoms with Crippen LogP contribution >= 0.6 is 0 Å². The number of aromatic amines is 1. The highest BCUT2D eigenvalue weighted by Crippen LogP contribution is 2.28. The molecule has 4 N–H and O–H groups in total. The van der Waals surface area contributed by atoms with Crippen LogP contribution in [0.3, 0.4) is 0 Å². The van der Waals surface area contributed by atoms with E-state index in [1.165, 1.54) is 0 Å². The molecule has 2 heterocycles. The van der Waals surface area contributed by atoms with Crippen LogP contribution in [0.15, 0.2) is 42.9 Å². The third-order valence-corrected chi connectivity index (χ3v) is 2.89. The third-order valence-electron chi connectivity index (χ3n) is 2.89. The Hall–Kier alpha value is -2.56. The van der Waals surface area contributed by atoms with Gasteiger partial charge in [0, 0.05) is 29.4 Å². The summed E-state index contributed by atoms with van der Waals surface area (Å²) in [7, 11) is 0. The summed E-state index contributed by atoms with van der Waals surface area (Å²) >= 11 is 0. The molecule has 0 saturated carbocycles. The van der Waals surface area contributed by atoms with Crippen LogP contribution in [-0.2, 0) is 6.54 Å². The quantitative estimate of drug-likeness (QED) is 0.612. The maximum Gasteiger partial charge on any atom is 0.0630 e. The van der Waals surface area contributed by atoms with E-state index in [9.17, 15) is 0 Å². The lowest BCUT2D eigenvalue weighted by Crippen LogP contribution is -2.03. The number of nitrogens with two attached hydrogens (primary N) is 1. The molecule has 0 aliphatic rings. The number of nitrogen functional groups attached to an aromatic ring is 1. The van der Waals surface area contributed by atoms with Gasteiger partial charge < -0.3 is 11.1 Å². The first-order chi connectivity index (χ1) is 8.84. The highest BCUT2D eigenvalue weighted by atomic mass is 15.1. The molecule has 0 unspecified atom stereocenters. The Morgan fingerprint density at radius 3 is 2.94 bits per heavy atom. The van der Waals surface area contributed by atoms with Crippen LogP contribution in [0.2, 0.25) is 0 Å². The standard InChI is InChI=1S/C13H13N5/c14-13-11-4-5-15-7-9(11)1-2-12(13)16-8-10-3-6-17-18-10/h1-7,16H,8,14H2,(H,17,18). The normalized spacial score (nSPS) is 10.7. The van der Waals surface area contributed by atoms with E-state index in [0.29, 0.717) is 6.54 Å². The number of anilines is 2. The molecule has 0 fully saturated rings. The number of aromatic nitrogens is 3. The van der Waals surface area contributed by atoms with Gasteiger partial charge in [-0.15, -0.1) is 0 Å². The van der Waals surface area contributed by atoms with Gasteiger partial charge in [0.25, 0.3) is 0 Å². The van der Waals surface area contributed by atoms with E-state index in [2.05, 4.69) is 20.5 Å². The lowest BCUT2D eigenvalue weighted by atomic mass is 10.1. The van der Waals surface area contributed by atoms with Crippen molar-refractivity contribution in [2.75, 3.05) is 11.1 Å². The smallest absolute Gasteiger partial charge is 0.0630 e. The second kappa shape index (κ2) is 4.37. The molecular weight excluding hydrogens is 226 g/mol. The van der Waals surface area contributed by atoms with Crippen LogP contribution in [0.1, 0.15) is 5.69 Å². The summed E-state index contributed by atoms with van der Waals surface area (Å²) in [4.78, 5) is 4.08. The molecule has 0 bridgehead atoms. The molecule has 0 radical (unpaired) electrons. The van der Waals surface area contributed by atoms with Crippen molar-refractivity contribution in [1.29, 1.82) is 0 Å². The number of hydrogen-bond donors (Lipinski definition) is 3. The van der Waals surface area contributed by atoms with Crippen LogP contribution in [0.25, 0.3) is 10.8 Å². The van der Waals surface area contributed by atoms with Crippen molar-refractivity contribution in [3.05, 3.63) is 48.5 Å². The van der Waals surface area contributed by atoms with Gasteiger partial charge in [-0.25, -0.2) is 0 Å². The molecule has 0 aliphatic heterocycles. The van der Waals surface area contributed by atoms with Gasteiger partial charge in [0.1, 0.15) is 0 Å². The fraction of sp³-hybridized carbons (Fsp3) is 0.0769. The van der Waals surface area contributed by atoms with E-state index in [4.69, 9.17) is 5.73 Å². The Kier molecular flexibility index (Phi) is 2.57. The van der Waals surface area contributed by atoms with Gasteiger partial charge in [0.15, 0.2) is 0 Å². The van der Waals surface area contributed by atoms with Gasteiger partial charge >= 0.3 is 0 Å². The summed E-state index contributed by atoms with van der Waals surface area (Å²) in [5.41, 5.74) is 8.82. The third kappa shape index (κ3) is 1.86. The molecule has 2 aromatic heterocycles. The average Bonchev–Trinajstić information content (AvgIpc) is 2.91. The molecule has 0 atom stereocenters. The SMILES string of the molecule is Nc1c(NCc2ccn[nH]2)ccc2cnccc12. The molecule has 1 aromatic carbocycles. The molecular formula is C13H13N5. The first kappa shape index (κ1) is 10.6. The second-order valence-corrected chi connectivity index (χ2v) is 4.06. The monoisotopic (exact) mass is 239 g/mol. The molecule has 3 aromatic rings. The molecule has 5 heteroatoms. The van der Waals surface area contributed by atoms with E-state index in [0.717, 1.165) is 27.8 Å².